The van der Waals surface area contributed by atoms with E-state index < -0.39 is 0 Å². The molecule has 3 nitrogen and oxygen atoms in total. The lowest BCUT2D eigenvalue weighted by Gasteiger charge is -2.28. The van der Waals surface area contributed by atoms with Crippen molar-refractivity contribution >= 4 is 0 Å². The van der Waals surface area contributed by atoms with Crippen LogP contribution in [0.3, 0.4) is 0 Å². The molecule has 0 bridgehead atoms. The molecule has 0 radical (unpaired) electrons. The molecule has 2 atom stereocenters. The second-order valence-electron chi connectivity index (χ2n) is 6.85. The largest absolute Gasteiger partial charge is 0.370 e. The van der Waals surface area contributed by atoms with Gasteiger partial charge in [0.05, 0.1) is 12.3 Å². The van der Waals surface area contributed by atoms with Gasteiger partial charge in [0.15, 0.2) is 0 Å². The van der Waals surface area contributed by atoms with Gasteiger partial charge in [-0.1, -0.05) is 70.4 Å². The summed E-state index contributed by atoms with van der Waals surface area (Å²) in [4.78, 5) is 2.19. The minimum absolute atomic E-state index is 0.0807. The zero-order valence-electron chi connectivity index (χ0n) is 15.5. The van der Waals surface area contributed by atoms with Crippen molar-refractivity contribution in [1.29, 1.82) is 0 Å². The van der Waals surface area contributed by atoms with Gasteiger partial charge in [-0.25, -0.2) is 0 Å². The van der Waals surface area contributed by atoms with E-state index in [1.54, 1.807) is 0 Å². The average Bonchev–Trinajstić information content (AvgIpc) is 3.00. The molecule has 3 heteroatoms. The van der Waals surface area contributed by atoms with E-state index in [1.807, 2.05) is 13.1 Å². The summed E-state index contributed by atoms with van der Waals surface area (Å²) in [5.74, 6) is 0. The Bertz CT molecular complexity index is 323. The summed E-state index contributed by atoms with van der Waals surface area (Å²) in [7, 11) is 0. The van der Waals surface area contributed by atoms with Crippen molar-refractivity contribution in [3.8, 4) is 0 Å². The number of hydrogen-bond donors (Lipinski definition) is 2. The molecule has 134 valence electrons. The van der Waals surface area contributed by atoms with Crippen molar-refractivity contribution in [1.82, 2.24) is 10.2 Å². The van der Waals surface area contributed by atoms with Gasteiger partial charge in [0, 0.05) is 12.4 Å². The molecular formula is C20H39N3. The number of rotatable bonds is 14. The van der Waals surface area contributed by atoms with Crippen molar-refractivity contribution in [3.63, 3.8) is 0 Å². The number of hydrogen-bond acceptors (Lipinski definition) is 3. The number of allylic oxidation sites excluding steroid dienone is 2. The molecule has 1 aliphatic rings. The Balaban J connectivity index is 1.87. The standard InChI is InChI=1S/C20H39N3/c1-3-4-5-6-7-8-9-10-11-12-13-14-15-16-20-22-17-18-23(20)19(2)21/h13-14,17-20,22H,3-12,15-16,21H2,1-2H3/b14-13+. The van der Waals surface area contributed by atoms with Crippen LogP contribution in [0.2, 0.25) is 0 Å². The highest BCUT2D eigenvalue weighted by Gasteiger charge is 2.19. The summed E-state index contributed by atoms with van der Waals surface area (Å²) in [6.45, 7) is 4.31. The first kappa shape index (κ1) is 20.1. The van der Waals surface area contributed by atoms with Crippen molar-refractivity contribution in [3.05, 3.63) is 24.6 Å². The summed E-state index contributed by atoms with van der Waals surface area (Å²) in [6, 6.07) is 0. The minimum Gasteiger partial charge on any atom is -0.370 e. The maximum absolute atomic E-state index is 5.95. The monoisotopic (exact) mass is 321 g/mol. The maximum atomic E-state index is 5.95. The SMILES string of the molecule is CCCCCCCCCCC/C=C/CCC1NC=CN1C(C)N. The summed E-state index contributed by atoms with van der Waals surface area (Å²) >= 11 is 0. The molecule has 1 heterocycles. The van der Waals surface area contributed by atoms with Gasteiger partial charge in [0.1, 0.15) is 0 Å². The average molecular weight is 322 g/mol. The van der Waals surface area contributed by atoms with Crippen molar-refractivity contribution in [2.45, 2.75) is 103 Å². The maximum Gasteiger partial charge on any atom is 0.0998 e. The molecule has 1 rings (SSSR count). The molecule has 0 aromatic heterocycles. The van der Waals surface area contributed by atoms with Gasteiger partial charge in [0.25, 0.3) is 0 Å². The second kappa shape index (κ2) is 13.5. The van der Waals surface area contributed by atoms with Crippen LogP contribution in [0.4, 0.5) is 0 Å². The Morgan fingerprint density at radius 1 is 1.00 bits per heavy atom. The first-order valence-electron chi connectivity index (χ1n) is 9.86. The fraction of sp³-hybridized carbons (Fsp3) is 0.800. The van der Waals surface area contributed by atoms with Gasteiger partial charge >= 0.3 is 0 Å². The predicted octanol–water partition coefficient (Wildman–Crippen LogP) is 5.25. The lowest BCUT2D eigenvalue weighted by molar-refractivity contribution is 0.213. The molecule has 2 unspecified atom stereocenters. The van der Waals surface area contributed by atoms with Crippen molar-refractivity contribution in [2.75, 3.05) is 0 Å². The summed E-state index contributed by atoms with van der Waals surface area (Å²) in [5.41, 5.74) is 5.95. The molecule has 0 fully saturated rings. The Labute approximate surface area is 144 Å². The van der Waals surface area contributed by atoms with E-state index >= 15 is 0 Å². The van der Waals surface area contributed by atoms with E-state index in [2.05, 4.69) is 35.5 Å². The van der Waals surface area contributed by atoms with Gasteiger partial charge in [-0.2, -0.15) is 0 Å². The molecular weight excluding hydrogens is 282 g/mol. The van der Waals surface area contributed by atoms with E-state index in [0.29, 0.717) is 6.17 Å². The van der Waals surface area contributed by atoms with Crippen molar-refractivity contribution in [2.24, 2.45) is 5.73 Å². The highest BCUT2D eigenvalue weighted by Crippen LogP contribution is 2.13. The lowest BCUT2D eigenvalue weighted by Crippen LogP contribution is -2.44. The summed E-state index contributed by atoms with van der Waals surface area (Å²) in [5, 5.41) is 3.36. The van der Waals surface area contributed by atoms with Crippen LogP contribution in [0.5, 0.6) is 0 Å². The number of nitrogens with one attached hydrogen (secondary N) is 1. The molecule has 0 saturated carbocycles. The van der Waals surface area contributed by atoms with E-state index in [1.165, 1.54) is 64.2 Å². The van der Waals surface area contributed by atoms with Gasteiger partial charge in [-0.3, -0.25) is 0 Å². The molecule has 23 heavy (non-hydrogen) atoms. The van der Waals surface area contributed by atoms with Crippen LogP contribution in [-0.2, 0) is 0 Å². The summed E-state index contributed by atoms with van der Waals surface area (Å²) in [6.07, 6.45) is 25.4. The van der Waals surface area contributed by atoms with Crippen LogP contribution < -0.4 is 11.1 Å². The lowest BCUT2D eigenvalue weighted by atomic mass is 10.1. The van der Waals surface area contributed by atoms with Crippen LogP contribution in [-0.4, -0.2) is 17.2 Å². The zero-order valence-corrected chi connectivity index (χ0v) is 15.5. The minimum atomic E-state index is 0.0807. The van der Waals surface area contributed by atoms with Gasteiger partial charge < -0.3 is 16.0 Å². The second-order valence-corrected chi connectivity index (χ2v) is 6.85. The highest BCUT2D eigenvalue weighted by atomic mass is 15.3. The third-order valence-electron chi connectivity index (χ3n) is 4.61. The third kappa shape index (κ3) is 9.70. The highest BCUT2D eigenvalue weighted by molar-refractivity contribution is 4.96. The third-order valence-corrected chi connectivity index (χ3v) is 4.61. The zero-order chi connectivity index (χ0) is 16.8. The van der Waals surface area contributed by atoms with Crippen LogP contribution in [0.25, 0.3) is 0 Å². The van der Waals surface area contributed by atoms with E-state index in [4.69, 9.17) is 5.73 Å². The predicted molar refractivity (Wildman–Crippen MR) is 102 cm³/mol. The number of nitrogens with zero attached hydrogens (tertiary/aromatic N) is 1. The quantitative estimate of drug-likeness (QED) is 0.339. The Hall–Kier alpha value is -0.960. The molecule has 3 N–H and O–H groups in total. The first-order valence-corrected chi connectivity index (χ1v) is 9.86. The number of unbranched alkanes of at least 4 members (excludes halogenated alkanes) is 9. The molecule has 0 aromatic carbocycles. The van der Waals surface area contributed by atoms with Crippen molar-refractivity contribution < 1.29 is 0 Å². The first-order chi connectivity index (χ1) is 11.3. The molecule has 1 aliphatic heterocycles. The fourth-order valence-electron chi connectivity index (χ4n) is 3.14. The van der Waals surface area contributed by atoms with Gasteiger partial charge in [-0.15, -0.1) is 0 Å². The Morgan fingerprint density at radius 2 is 1.61 bits per heavy atom. The Kier molecular flexibility index (Phi) is 11.8. The molecule has 0 spiro atoms. The van der Waals surface area contributed by atoms with Gasteiger partial charge in [-0.05, 0) is 32.6 Å². The molecule has 0 amide bonds. The van der Waals surface area contributed by atoms with Gasteiger partial charge in [0.2, 0.25) is 0 Å². The van der Waals surface area contributed by atoms with Crippen LogP contribution in [0.1, 0.15) is 90.9 Å². The fourth-order valence-corrected chi connectivity index (χ4v) is 3.14. The molecule has 0 aliphatic carbocycles. The Morgan fingerprint density at radius 3 is 2.26 bits per heavy atom. The normalized spacial score (nSPS) is 18.7. The van der Waals surface area contributed by atoms with E-state index in [-0.39, 0.29) is 6.17 Å². The number of nitrogens with two attached hydrogens (primary N) is 1. The smallest absolute Gasteiger partial charge is 0.0998 e. The van der Waals surface area contributed by atoms with E-state index in [0.717, 1.165) is 12.8 Å². The van der Waals surface area contributed by atoms with Crippen LogP contribution >= 0.6 is 0 Å². The van der Waals surface area contributed by atoms with E-state index in [9.17, 15) is 0 Å². The van der Waals surface area contributed by atoms with Crippen LogP contribution in [0, 0.1) is 0 Å². The summed E-state index contributed by atoms with van der Waals surface area (Å²) < 4.78 is 0. The van der Waals surface area contributed by atoms with Crippen LogP contribution in [0.15, 0.2) is 24.6 Å². The molecule has 0 aromatic rings. The molecule has 0 saturated heterocycles. The topological polar surface area (TPSA) is 41.3 Å².